The van der Waals surface area contributed by atoms with Crippen molar-refractivity contribution in [2.45, 2.75) is 25.6 Å². The lowest BCUT2D eigenvalue weighted by molar-refractivity contribution is -0.147. The fourth-order valence-electron chi connectivity index (χ4n) is 1.54. The molecule has 0 saturated heterocycles. The van der Waals surface area contributed by atoms with Crippen molar-refractivity contribution in [1.82, 2.24) is 4.98 Å². The Labute approximate surface area is 109 Å². The summed E-state index contributed by atoms with van der Waals surface area (Å²) in [6, 6.07) is 2.76. The zero-order chi connectivity index (χ0) is 14.4. The Balaban J connectivity index is 2.85. The number of ether oxygens (including phenoxy) is 1. The van der Waals surface area contributed by atoms with Gasteiger partial charge < -0.3 is 20.1 Å². The Bertz CT molecular complexity index is 461. The molecule has 0 aliphatic heterocycles. The van der Waals surface area contributed by atoms with Crippen molar-refractivity contribution in [2.24, 2.45) is 0 Å². The predicted octanol–water partition coefficient (Wildman–Crippen LogP) is 0.127. The number of hydrogen-bond acceptors (Lipinski definition) is 6. The van der Waals surface area contributed by atoms with Crippen LogP contribution in [0.3, 0.4) is 0 Å². The van der Waals surface area contributed by atoms with Crippen LogP contribution in [0.15, 0.2) is 18.3 Å². The van der Waals surface area contributed by atoms with Crippen molar-refractivity contribution in [3.05, 3.63) is 29.6 Å². The van der Waals surface area contributed by atoms with E-state index in [1.165, 1.54) is 18.3 Å². The average molecular weight is 269 g/mol. The van der Waals surface area contributed by atoms with E-state index in [0.29, 0.717) is 0 Å². The summed E-state index contributed by atoms with van der Waals surface area (Å²) in [4.78, 5) is 25.7. The smallest absolute Gasteiger partial charge is 0.354 e. The highest BCUT2D eigenvalue weighted by molar-refractivity contribution is 5.87. The topological polar surface area (TPSA) is 117 Å². The number of aromatic carboxylic acids is 1. The van der Waals surface area contributed by atoms with E-state index in [1.807, 2.05) is 0 Å². The van der Waals surface area contributed by atoms with Crippen molar-refractivity contribution in [3.63, 3.8) is 0 Å². The summed E-state index contributed by atoms with van der Waals surface area (Å²) in [5.41, 5.74) is -0.412. The van der Waals surface area contributed by atoms with Gasteiger partial charge in [-0.2, -0.15) is 0 Å². The third-order valence-electron chi connectivity index (χ3n) is 2.41. The first-order chi connectivity index (χ1) is 8.97. The van der Waals surface area contributed by atoms with Crippen LogP contribution in [-0.2, 0) is 9.53 Å². The molecule has 0 radical (unpaired) electrons. The number of nitrogens with zero attached hydrogens (tertiary/aromatic N) is 1. The average Bonchev–Trinajstić information content (AvgIpc) is 2.37. The maximum Gasteiger partial charge on any atom is 0.354 e. The van der Waals surface area contributed by atoms with Gasteiger partial charge in [-0.15, -0.1) is 0 Å². The highest BCUT2D eigenvalue weighted by Gasteiger charge is 2.26. The van der Waals surface area contributed by atoms with Gasteiger partial charge in [0, 0.05) is 11.8 Å². The Hall–Kier alpha value is -1.99. The quantitative estimate of drug-likeness (QED) is 0.628. The molecule has 0 fully saturated rings. The van der Waals surface area contributed by atoms with Crippen LogP contribution in [0.4, 0.5) is 0 Å². The summed E-state index contributed by atoms with van der Waals surface area (Å²) in [5, 5.41) is 28.5. The molecule has 0 amide bonds. The molecule has 0 aliphatic rings. The molecule has 2 atom stereocenters. The normalized spacial score (nSPS) is 13.6. The SMILES string of the molecule is CCOC(=O)CC(O)C(O)c1cccnc1C(=O)O. The zero-order valence-corrected chi connectivity index (χ0v) is 10.3. The second-order valence-corrected chi connectivity index (χ2v) is 3.77. The maximum atomic E-state index is 11.2. The molecule has 3 N–H and O–H groups in total. The Morgan fingerprint density at radius 3 is 2.68 bits per heavy atom. The standard InChI is InChI=1S/C12H15NO6/c1-2-19-9(15)6-8(14)11(16)7-4-3-5-13-10(7)12(17)18/h3-5,8,11,14,16H,2,6H2,1H3,(H,17,18). The fraction of sp³-hybridized carbons (Fsp3) is 0.417. The first kappa shape index (κ1) is 15.1. The zero-order valence-electron chi connectivity index (χ0n) is 10.3. The fourth-order valence-corrected chi connectivity index (χ4v) is 1.54. The van der Waals surface area contributed by atoms with Crippen LogP contribution in [-0.4, -0.2) is 45.0 Å². The van der Waals surface area contributed by atoms with Gasteiger partial charge in [-0.25, -0.2) is 9.78 Å². The number of rotatable bonds is 6. The second-order valence-electron chi connectivity index (χ2n) is 3.77. The summed E-state index contributed by atoms with van der Waals surface area (Å²) in [5.74, 6) is -1.99. The van der Waals surface area contributed by atoms with E-state index in [0.717, 1.165) is 0 Å². The number of carboxylic acids is 1. The molecule has 1 rings (SSSR count). The number of hydrogen-bond donors (Lipinski definition) is 3. The second kappa shape index (κ2) is 6.81. The largest absolute Gasteiger partial charge is 0.477 e. The Morgan fingerprint density at radius 1 is 1.42 bits per heavy atom. The monoisotopic (exact) mass is 269 g/mol. The lowest BCUT2D eigenvalue weighted by atomic mass is 10.0. The van der Waals surface area contributed by atoms with Crippen molar-refractivity contribution in [2.75, 3.05) is 6.61 Å². The van der Waals surface area contributed by atoms with Crippen LogP contribution in [0.2, 0.25) is 0 Å². The molecule has 7 heteroatoms. The molecule has 7 nitrogen and oxygen atoms in total. The van der Waals surface area contributed by atoms with Gasteiger partial charge in [-0.3, -0.25) is 4.79 Å². The highest BCUT2D eigenvalue weighted by atomic mass is 16.5. The van der Waals surface area contributed by atoms with Crippen molar-refractivity contribution in [1.29, 1.82) is 0 Å². The third kappa shape index (κ3) is 4.01. The number of pyridine rings is 1. The number of aromatic nitrogens is 1. The summed E-state index contributed by atoms with van der Waals surface area (Å²) in [6.07, 6.45) is -2.15. The van der Waals surface area contributed by atoms with Crippen LogP contribution in [0.5, 0.6) is 0 Å². The Morgan fingerprint density at radius 2 is 2.11 bits per heavy atom. The van der Waals surface area contributed by atoms with Crippen LogP contribution in [0, 0.1) is 0 Å². The number of esters is 1. The van der Waals surface area contributed by atoms with Crippen molar-refractivity contribution in [3.8, 4) is 0 Å². The molecule has 104 valence electrons. The van der Waals surface area contributed by atoms with E-state index in [-0.39, 0.29) is 17.9 Å². The minimum atomic E-state index is -1.52. The minimum absolute atomic E-state index is 0.0493. The van der Waals surface area contributed by atoms with Gasteiger partial charge in [0.25, 0.3) is 0 Å². The van der Waals surface area contributed by atoms with Crippen molar-refractivity contribution >= 4 is 11.9 Å². The predicted molar refractivity (Wildman–Crippen MR) is 63.4 cm³/mol. The van der Waals surface area contributed by atoms with E-state index < -0.39 is 30.6 Å². The van der Waals surface area contributed by atoms with Crippen LogP contribution in [0.25, 0.3) is 0 Å². The lowest BCUT2D eigenvalue weighted by Crippen LogP contribution is -2.25. The summed E-state index contributed by atoms with van der Waals surface area (Å²) in [6.45, 7) is 1.78. The number of carbonyl (C=O) groups excluding carboxylic acids is 1. The summed E-state index contributed by atoms with van der Waals surface area (Å²) in [7, 11) is 0. The number of aliphatic hydroxyl groups is 2. The van der Waals surface area contributed by atoms with E-state index in [2.05, 4.69) is 9.72 Å². The van der Waals surface area contributed by atoms with E-state index in [4.69, 9.17) is 5.11 Å². The molecule has 1 heterocycles. The van der Waals surface area contributed by atoms with E-state index in [9.17, 15) is 19.8 Å². The molecular formula is C12H15NO6. The molecule has 19 heavy (non-hydrogen) atoms. The summed E-state index contributed by atoms with van der Waals surface area (Å²) >= 11 is 0. The molecular weight excluding hydrogens is 254 g/mol. The number of carbonyl (C=O) groups is 2. The first-order valence-corrected chi connectivity index (χ1v) is 5.67. The molecule has 1 aromatic rings. The maximum absolute atomic E-state index is 11.2. The number of carboxylic acid groups (broad SMARTS) is 1. The van der Waals surface area contributed by atoms with Crippen molar-refractivity contribution < 1.29 is 29.6 Å². The molecule has 1 aromatic heterocycles. The molecule has 2 unspecified atom stereocenters. The minimum Gasteiger partial charge on any atom is -0.477 e. The van der Waals surface area contributed by atoms with Gasteiger partial charge in [0.1, 0.15) is 6.10 Å². The van der Waals surface area contributed by atoms with E-state index in [1.54, 1.807) is 6.92 Å². The third-order valence-corrected chi connectivity index (χ3v) is 2.41. The van der Waals surface area contributed by atoms with E-state index >= 15 is 0 Å². The van der Waals surface area contributed by atoms with Gasteiger partial charge in [0.2, 0.25) is 0 Å². The first-order valence-electron chi connectivity index (χ1n) is 5.67. The highest BCUT2D eigenvalue weighted by Crippen LogP contribution is 2.21. The molecule has 0 bridgehead atoms. The van der Waals surface area contributed by atoms with Crippen LogP contribution < -0.4 is 0 Å². The molecule has 0 spiro atoms. The summed E-state index contributed by atoms with van der Waals surface area (Å²) < 4.78 is 4.63. The van der Waals surface area contributed by atoms with Crippen LogP contribution in [0.1, 0.15) is 35.5 Å². The van der Waals surface area contributed by atoms with Gasteiger partial charge in [-0.1, -0.05) is 6.07 Å². The van der Waals surface area contributed by atoms with Gasteiger partial charge >= 0.3 is 11.9 Å². The molecule has 0 aliphatic carbocycles. The molecule has 0 saturated carbocycles. The number of aliphatic hydroxyl groups excluding tert-OH is 2. The van der Waals surface area contributed by atoms with Crippen LogP contribution >= 0.6 is 0 Å². The van der Waals surface area contributed by atoms with Gasteiger partial charge in [0.15, 0.2) is 5.69 Å². The molecule has 0 aromatic carbocycles. The lowest BCUT2D eigenvalue weighted by Gasteiger charge is -2.18. The van der Waals surface area contributed by atoms with Gasteiger partial charge in [0.05, 0.1) is 19.1 Å². The van der Waals surface area contributed by atoms with Gasteiger partial charge in [-0.05, 0) is 13.0 Å². The Kier molecular flexibility index (Phi) is 5.40.